The van der Waals surface area contributed by atoms with Crippen molar-refractivity contribution in [1.82, 2.24) is 10.1 Å². The van der Waals surface area contributed by atoms with E-state index in [2.05, 4.69) is 10.1 Å². The van der Waals surface area contributed by atoms with Crippen LogP contribution in [0.5, 0.6) is 11.5 Å². The summed E-state index contributed by atoms with van der Waals surface area (Å²) in [6.07, 6.45) is 1.96. The molecule has 0 amide bonds. The third-order valence-electron chi connectivity index (χ3n) is 4.83. The number of hydrogen-bond acceptors (Lipinski definition) is 8. The molecule has 0 bridgehead atoms. The second kappa shape index (κ2) is 7.63. The molecule has 0 saturated carbocycles. The Morgan fingerprint density at radius 1 is 1.17 bits per heavy atom. The van der Waals surface area contributed by atoms with Crippen molar-refractivity contribution >= 4 is 28.9 Å². The van der Waals surface area contributed by atoms with E-state index in [1.807, 2.05) is 25.1 Å². The van der Waals surface area contributed by atoms with Crippen LogP contribution in [0.15, 0.2) is 46.3 Å². The predicted octanol–water partition coefficient (Wildman–Crippen LogP) is 3.53. The molecule has 0 fully saturated rings. The van der Waals surface area contributed by atoms with Crippen LogP contribution in [0.1, 0.15) is 23.6 Å². The van der Waals surface area contributed by atoms with Gasteiger partial charge in [0, 0.05) is 11.1 Å². The van der Waals surface area contributed by atoms with Gasteiger partial charge >= 0.3 is 0 Å². The zero-order valence-corrected chi connectivity index (χ0v) is 17.0. The number of nitrogens with zero attached hydrogens (tertiary/aromatic N) is 4. The summed E-state index contributed by atoms with van der Waals surface area (Å²) in [5.41, 5.74) is 9.85. The van der Waals surface area contributed by atoms with E-state index >= 15 is 0 Å². The molecule has 0 radical (unpaired) electrons. The van der Waals surface area contributed by atoms with E-state index < -0.39 is 0 Å². The van der Waals surface area contributed by atoms with Crippen molar-refractivity contribution in [2.24, 2.45) is 5.10 Å². The van der Waals surface area contributed by atoms with Gasteiger partial charge in [0.15, 0.2) is 11.5 Å². The SMILES string of the molecule is COc1cc2c(cc1OC)C(c1ccc(N)c(Cl)c1)=NN(c1ncon1)C(C)C2. The molecule has 2 N–H and O–H groups in total. The van der Waals surface area contributed by atoms with Gasteiger partial charge in [0.1, 0.15) is 0 Å². The van der Waals surface area contributed by atoms with Gasteiger partial charge in [-0.2, -0.15) is 10.1 Å². The van der Waals surface area contributed by atoms with Gasteiger partial charge in [-0.25, -0.2) is 5.01 Å². The maximum Gasteiger partial charge on any atom is 0.286 e. The van der Waals surface area contributed by atoms with Crippen LogP contribution in [0.4, 0.5) is 11.6 Å². The molecular weight excluding hydrogens is 394 g/mol. The topological polar surface area (TPSA) is 99.0 Å². The largest absolute Gasteiger partial charge is 0.493 e. The van der Waals surface area contributed by atoms with Crippen molar-refractivity contribution in [2.75, 3.05) is 25.0 Å². The second-order valence-electron chi connectivity index (χ2n) is 6.68. The van der Waals surface area contributed by atoms with Crippen LogP contribution < -0.4 is 20.2 Å². The third kappa shape index (κ3) is 3.47. The van der Waals surface area contributed by atoms with Crippen molar-refractivity contribution in [3.8, 4) is 11.5 Å². The van der Waals surface area contributed by atoms with Crippen LogP contribution >= 0.6 is 11.6 Å². The first kappa shape index (κ1) is 19.1. The summed E-state index contributed by atoms with van der Waals surface area (Å²) >= 11 is 6.29. The van der Waals surface area contributed by atoms with Gasteiger partial charge in [0.2, 0.25) is 6.39 Å². The molecule has 1 unspecified atom stereocenters. The maximum atomic E-state index is 6.29. The molecule has 8 nitrogen and oxygen atoms in total. The molecule has 2 aromatic carbocycles. The first-order valence-corrected chi connectivity index (χ1v) is 9.34. The Morgan fingerprint density at radius 2 is 1.93 bits per heavy atom. The maximum absolute atomic E-state index is 6.29. The van der Waals surface area contributed by atoms with E-state index in [-0.39, 0.29) is 6.04 Å². The van der Waals surface area contributed by atoms with Gasteiger partial charge in [0.05, 0.1) is 36.7 Å². The van der Waals surface area contributed by atoms with E-state index in [0.29, 0.717) is 40.3 Å². The molecule has 3 aromatic rings. The molecule has 2 heterocycles. The van der Waals surface area contributed by atoms with Crippen molar-refractivity contribution in [1.29, 1.82) is 0 Å². The average molecular weight is 414 g/mol. The number of ether oxygens (including phenoxy) is 2. The highest BCUT2D eigenvalue weighted by atomic mass is 35.5. The van der Waals surface area contributed by atoms with Gasteiger partial charge in [-0.1, -0.05) is 17.7 Å². The zero-order chi connectivity index (χ0) is 20.5. The van der Waals surface area contributed by atoms with Crippen LogP contribution in [0.2, 0.25) is 5.02 Å². The van der Waals surface area contributed by atoms with Gasteiger partial charge in [-0.15, -0.1) is 0 Å². The Morgan fingerprint density at radius 3 is 2.59 bits per heavy atom. The molecule has 4 rings (SSSR count). The molecule has 1 aromatic heterocycles. The molecule has 0 aliphatic carbocycles. The van der Waals surface area contributed by atoms with Crippen molar-refractivity contribution in [3.05, 3.63) is 58.4 Å². The minimum Gasteiger partial charge on any atom is -0.493 e. The Balaban J connectivity index is 1.96. The van der Waals surface area contributed by atoms with Crippen LogP contribution in [-0.4, -0.2) is 36.1 Å². The highest BCUT2D eigenvalue weighted by molar-refractivity contribution is 6.33. The van der Waals surface area contributed by atoms with Gasteiger partial charge in [-0.05, 0) is 48.3 Å². The molecule has 1 aliphatic rings. The number of benzene rings is 2. The van der Waals surface area contributed by atoms with Crippen LogP contribution in [0, 0.1) is 0 Å². The minimum atomic E-state index is -0.0359. The lowest BCUT2D eigenvalue weighted by atomic mass is 9.94. The number of halogens is 1. The number of nitrogen functional groups attached to an aromatic ring is 1. The number of rotatable bonds is 4. The first-order valence-electron chi connectivity index (χ1n) is 8.96. The summed E-state index contributed by atoms with van der Waals surface area (Å²) in [4.78, 5) is 4.17. The number of methoxy groups -OCH3 is 2. The molecule has 0 spiro atoms. The number of fused-ring (bicyclic) bond motifs is 1. The Kier molecular flexibility index (Phi) is 5.02. The van der Waals surface area contributed by atoms with Gasteiger partial charge in [-0.3, -0.25) is 0 Å². The molecule has 150 valence electrons. The molecule has 1 atom stereocenters. The normalized spacial score (nSPS) is 16.1. The van der Waals surface area contributed by atoms with E-state index in [1.54, 1.807) is 31.4 Å². The summed E-state index contributed by atoms with van der Waals surface area (Å²) in [6.45, 7) is 2.04. The standard InChI is InChI=1S/C20H20ClN5O3/c1-11-6-13-8-17(27-2)18(28-3)9-14(13)19(12-4-5-16(22)15(21)7-12)24-26(11)20-23-10-29-25-20/h4-5,7-11H,6,22H2,1-3H3. The number of aromatic nitrogens is 2. The highest BCUT2D eigenvalue weighted by Crippen LogP contribution is 2.35. The highest BCUT2D eigenvalue weighted by Gasteiger charge is 2.28. The molecule has 29 heavy (non-hydrogen) atoms. The van der Waals surface area contributed by atoms with Crippen LogP contribution in [0.25, 0.3) is 0 Å². The second-order valence-corrected chi connectivity index (χ2v) is 7.09. The van der Waals surface area contributed by atoms with Crippen molar-refractivity contribution in [3.63, 3.8) is 0 Å². The fourth-order valence-electron chi connectivity index (χ4n) is 3.37. The lowest BCUT2D eigenvalue weighted by Gasteiger charge is -2.21. The molecule has 0 saturated heterocycles. The fraction of sp³-hybridized carbons (Fsp3) is 0.250. The summed E-state index contributed by atoms with van der Waals surface area (Å²) in [5.74, 6) is 1.64. The Labute approximate surface area is 172 Å². The predicted molar refractivity (Wildman–Crippen MR) is 111 cm³/mol. The van der Waals surface area contributed by atoms with Crippen LogP contribution in [0.3, 0.4) is 0 Å². The average Bonchev–Trinajstić information content (AvgIpc) is 3.20. The molecular formula is C20H20ClN5O3. The number of hydrogen-bond donors (Lipinski definition) is 1. The molecule has 1 aliphatic heterocycles. The fourth-order valence-corrected chi connectivity index (χ4v) is 3.55. The lowest BCUT2D eigenvalue weighted by molar-refractivity contribution is 0.354. The van der Waals surface area contributed by atoms with E-state index in [9.17, 15) is 0 Å². The summed E-state index contributed by atoms with van der Waals surface area (Å²) in [6, 6.07) is 9.29. The minimum absolute atomic E-state index is 0.0359. The van der Waals surface area contributed by atoms with E-state index in [1.165, 1.54) is 6.39 Å². The monoisotopic (exact) mass is 413 g/mol. The van der Waals surface area contributed by atoms with E-state index in [4.69, 9.17) is 36.4 Å². The van der Waals surface area contributed by atoms with Gasteiger partial charge in [0.25, 0.3) is 5.95 Å². The Hall–Kier alpha value is -3.26. The number of anilines is 2. The first-order chi connectivity index (χ1) is 14.0. The van der Waals surface area contributed by atoms with Crippen molar-refractivity contribution < 1.29 is 14.0 Å². The quantitative estimate of drug-likeness (QED) is 0.653. The summed E-state index contributed by atoms with van der Waals surface area (Å²) in [5, 5.41) is 11.0. The van der Waals surface area contributed by atoms with Crippen molar-refractivity contribution in [2.45, 2.75) is 19.4 Å². The van der Waals surface area contributed by atoms with Crippen LogP contribution in [-0.2, 0) is 6.42 Å². The lowest BCUT2D eigenvalue weighted by Crippen LogP contribution is -2.30. The number of hydrazone groups is 1. The summed E-state index contributed by atoms with van der Waals surface area (Å²) < 4.78 is 15.9. The van der Waals surface area contributed by atoms with E-state index in [0.717, 1.165) is 16.7 Å². The Bertz CT molecular complexity index is 1070. The van der Waals surface area contributed by atoms with Gasteiger partial charge < -0.3 is 19.7 Å². The molecule has 9 heteroatoms. The zero-order valence-electron chi connectivity index (χ0n) is 16.2. The third-order valence-corrected chi connectivity index (χ3v) is 5.16. The number of nitrogens with two attached hydrogens (primary N) is 1. The summed E-state index contributed by atoms with van der Waals surface area (Å²) in [7, 11) is 3.22. The smallest absolute Gasteiger partial charge is 0.286 e.